The molecule has 1 N–H and O–H groups in total. The van der Waals surface area contributed by atoms with Crippen LogP contribution in [0.2, 0.25) is 0 Å². The van der Waals surface area contributed by atoms with Gasteiger partial charge in [-0.2, -0.15) is 4.98 Å². The largest absolute Gasteiger partial charge is 0.375 e. The summed E-state index contributed by atoms with van der Waals surface area (Å²) in [4.78, 5) is 29.3. The molecule has 1 aromatic heterocycles. The Bertz CT molecular complexity index is 488. The molecule has 0 saturated carbocycles. The third kappa shape index (κ3) is 4.82. The minimum atomic E-state index is -0.219. The second kappa shape index (κ2) is 7.72. The molecule has 0 aromatic carbocycles. The summed E-state index contributed by atoms with van der Waals surface area (Å²) >= 11 is 0. The Morgan fingerprint density at radius 1 is 1.43 bits per heavy atom. The number of aromatic nitrogens is 2. The van der Waals surface area contributed by atoms with Crippen molar-refractivity contribution in [3.8, 4) is 0 Å². The highest BCUT2D eigenvalue weighted by molar-refractivity contribution is 5.84. The van der Waals surface area contributed by atoms with Crippen molar-refractivity contribution in [2.45, 2.75) is 38.8 Å². The molecule has 116 valence electrons. The maximum atomic E-state index is 11.9. The Hall–Kier alpha value is -1.96. The van der Waals surface area contributed by atoms with Crippen molar-refractivity contribution in [2.24, 2.45) is 0 Å². The van der Waals surface area contributed by atoms with Gasteiger partial charge >= 0.3 is 0 Å². The number of hydrogen-bond acceptors (Lipinski definition) is 6. The molecule has 8 heteroatoms. The number of ether oxygens (including phenoxy) is 1. The molecule has 1 aliphatic rings. The van der Waals surface area contributed by atoms with E-state index in [4.69, 9.17) is 9.26 Å². The van der Waals surface area contributed by atoms with Crippen molar-refractivity contribution in [3.63, 3.8) is 0 Å². The van der Waals surface area contributed by atoms with Crippen molar-refractivity contribution in [1.29, 1.82) is 0 Å². The summed E-state index contributed by atoms with van der Waals surface area (Å²) < 4.78 is 9.78. The van der Waals surface area contributed by atoms with E-state index in [0.29, 0.717) is 24.7 Å². The van der Waals surface area contributed by atoms with E-state index < -0.39 is 0 Å². The molecule has 1 saturated heterocycles. The number of amides is 2. The third-order valence-electron chi connectivity index (χ3n) is 3.23. The zero-order chi connectivity index (χ0) is 15.1. The van der Waals surface area contributed by atoms with E-state index in [2.05, 4.69) is 15.5 Å². The van der Waals surface area contributed by atoms with E-state index >= 15 is 0 Å². The summed E-state index contributed by atoms with van der Waals surface area (Å²) in [7, 11) is 1.53. The Labute approximate surface area is 122 Å². The molecule has 1 fully saturated rings. The molecule has 1 aromatic rings. The van der Waals surface area contributed by atoms with Crippen LogP contribution in [0.25, 0.3) is 0 Å². The molecule has 0 spiro atoms. The van der Waals surface area contributed by atoms with E-state index in [1.54, 1.807) is 4.90 Å². The number of nitrogens with zero attached hydrogens (tertiary/aromatic N) is 3. The fourth-order valence-electron chi connectivity index (χ4n) is 2.16. The van der Waals surface area contributed by atoms with Gasteiger partial charge in [0, 0.05) is 20.1 Å². The van der Waals surface area contributed by atoms with Gasteiger partial charge in [-0.05, 0) is 12.8 Å². The lowest BCUT2D eigenvalue weighted by molar-refractivity contribution is -0.135. The van der Waals surface area contributed by atoms with Crippen molar-refractivity contribution >= 4 is 11.8 Å². The highest BCUT2D eigenvalue weighted by Crippen LogP contribution is 2.10. The van der Waals surface area contributed by atoms with Crippen LogP contribution in [-0.4, -0.2) is 47.1 Å². The Morgan fingerprint density at radius 2 is 2.29 bits per heavy atom. The lowest BCUT2D eigenvalue weighted by Crippen LogP contribution is -2.40. The lowest BCUT2D eigenvalue weighted by Gasteiger charge is -2.19. The SMILES string of the molecule is COCc1nc(CNC(=O)CN2CCCCCC2=O)no1. The second-order valence-electron chi connectivity index (χ2n) is 4.94. The normalized spacial score (nSPS) is 15.9. The maximum absolute atomic E-state index is 11.9. The summed E-state index contributed by atoms with van der Waals surface area (Å²) in [6.07, 6.45) is 3.42. The van der Waals surface area contributed by atoms with Crippen LogP contribution >= 0.6 is 0 Å². The number of rotatable bonds is 6. The van der Waals surface area contributed by atoms with E-state index in [9.17, 15) is 9.59 Å². The van der Waals surface area contributed by atoms with Crippen molar-refractivity contribution in [2.75, 3.05) is 20.2 Å². The number of hydrogen-bond donors (Lipinski definition) is 1. The van der Waals surface area contributed by atoms with Crippen molar-refractivity contribution in [1.82, 2.24) is 20.4 Å². The zero-order valence-electron chi connectivity index (χ0n) is 12.1. The van der Waals surface area contributed by atoms with Gasteiger partial charge < -0.3 is 19.5 Å². The van der Waals surface area contributed by atoms with E-state index in [1.165, 1.54) is 7.11 Å². The molecule has 0 aliphatic carbocycles. The van der Waals surface area contributed by atoms with Gasteiger partial charge in [0.25, 0.3) is 5.89 Å². The molecule has 8 nitrogen and oxygen atoms in total. The molecule has 1 aliphatic heterocycles. The summed E-state index contributed by atoms with van der Waals surface area (Å²) in [6, 6.07) is 0. The molecular weight excluding hydrogens is 276 g/mol. The average Bonchev–Trinajstić information content (AvgIpc) is 2.82. The van der Waals surface area contributed by atoms with E-state index in [-0.39, 0.29) is 31.5 Å². The number of likely N-dealkylation sites (tertiary alicyclic amines) is 1. The van der Waals surface area contributed by atoms with Gasteiger partial charge in [-0.25, -0.2) is 0 Å². The Balaban J connectivity index is 1.76. The number of methoxy groups -OCH3 is 1. The molecule has 0 bridgehead atoms. The Morgan fingerprint density at radius 3 is 3.10 bits per heavy atom. The topological polar surface area (TPSA) is 97.6 Å². The monoisotopic (exact) mass is 296 g/mol. The van der Waals surface area contributed by atoms with Gasteiger partial charge in [0.2, 0.25) is 11.8 Å². The first-order chi connectivity index (χ1) is 10.2. The molecular formula is C13H20N4O4. The smallest absolute Gasteiger partial charge is 0.252 e. The van der Waals surface area contributed by atoms with Gasteiger partial charge in [0.15, 0.2) is 5.82 Å². The van der Waals surface area contributed by atoms with Crippen LogP contribution < -0.4 is 5.32 Å². The molecule has 2 amide bonds. The van der Waals surface area contributed by atoms with Crippen LogP contribution in [0.5, 0.6) is 0 Å². The van der Waals surface area contributed by atoms with Gasteiger partial charge in [-0.1, -0.05) is 11.6 Å². The van der Waals surface area contributed by atoms with Crippen molar-refractivity contribution in [3.05, 3.63) is 11.7 Å². The summed E-state index contributed by atoms with van der Waals surface area (Å²) in [5.41, 5.74) is 0. The fraction of sp³-hybridized carbons (Fsp3) is 0.692. The van der Waals surface area contributed by atoms with Gasteiger partial charge in [0.05, 0.1) is 13.1 Å². The molecule has 0 unspecified atom stereocenters. The molecule has 0 atom stereocenters. The first kappa shape index (κ1) is 15.4. The molecule has 2 rings (SSSR count). The average molecular weight is 296 g/mol. The minimum absolute atomic E-state index is 0.0459. The minimum Gasteiger partial charge on any atom is -0.375 e. The highest BCUT2D eigenvalue weighted by Gasteiger charge is 2.19. The van der Waals surface area contributed by atoms with E-state index in [1.807, 2.05) is 0 Å². The van der Waals surface area contributed by atoms with Crippen LogP contribution in [0.4, 0.5) is 0 Å². The van der Waals surface area contributed by atoms with Gasteiger partial charge in [-0.15, -0.1) is 0 Å². The second-order valence-corrected chi connectivity index (χ2v) is 4.94. The first-order valence-corrected chi connectivity index (χ1v) is 7.04. The van der Waals surface area contributed by atoms with Crippen LogP contribution in [0, 0.1) is 0 Å². The predicted octanol–water partition coefficient (Wildman–Crippen LogP) is 0.235. The zero-order valence-corrected chi connectivity index (χ0v) is 12.1. The van der Waals surface area contributed by atoms with Gasteiger partial charge in [-0.3, -0.25) is 9.59 Å². The third-order valence-corrected chi connectivity index (χ3v) is 3.23. The van der Waals surface area contributed by atoms with Crippen LogP contribution in [-0.2, 0) is 27.5 Å². The highest BCUT2D eigenvalue weighted by atomic mass is 16.5. The van der Waals surface area contributed by atoms with Crippen LogP contribution in [0.15, 0.2) is 4.52 Å². The lowest BCUT2D eigenvalue weighted by atomic mass is 10.2. The molecule has 21 heavy (non-hydrogen) atoms. The number of carbonyl (C=O) groups excluding carboxylic acids is 2. The summed E-state index contributed by atoms with van der Waals surface area (Å²) in [6.45, 7) is 1.14. The van der Waals surface area contributed by atoms with Gasteiger partial charge in [0.1, 0.15) is 6.61 Å². The summed E-state index contributed by atoms with van der Waals surface area (Å²) in [5, 5.41) is 6.41. The van der Waals surface area contributed by atoms with Crippen molar-refractivity contribution < 1.29 is 18.8 Å². The maximum Gasteiger partial charge on any atom is 0.252 e. The van der Waals surface area contributed by atoms with E-state index in [0.717, 1.165) is 19.3 Å². The fourth-order valence-corrected chi connectivity index (χ4v) is 2.16. The molecule has 0 radical (unpaired) electrons. The standard InChI is InChI=1S/C13H20N4O4/c1-20-9-12-15-10(16-21-12)7-14-11(18)8-17-6-4-2-3-5-13(17)19/h2-9H2,1H3,(H,14,18). The Kier molecular flexibility index (Phi) is 5.68. The molecule has 2 heterocycles. The first-order valence-electron chi connectivity index (χ1n) is 7.04. The quantitative estimate of drug-likeness (QED) is 0.807. The van der Waals surface area contributed by atoms with Crippen LogP contribution in [0.3, 0.4) is 0 Å². The number of nitrogens with one attached hydrogen (secondary N) is 1. The summed E-state index contributed by atoms with van der Waals surface area (Å²) in [5.74, 6) is 0.579. The number of carbonyl (C=O) groups is 2. The van der Waals surface area contributed by atoms with Crippen LogP contribution in [0.1, 0.15) is 37.4 Å². The predicted molar refractivity (Wildman–Crippen MR) is 71.9 cm³/mol.